The van der Waals surface area contributed by atoms with Crippen LogP contribution in [0.1, 0.15) is 30.6 Å². The molecule has 2 nitrogen and oxygen atoms in total. The lowest BCUT2D eigenvalue weighted by Gasteiger charge is -2.32. The van der Waals surface area contributed by atoms with Crippen molar-refractivity contribution in [2.24, 2.45) is 5.92 Å². The van der Waals surface area contributed by atoms with Crippen molar-refractivity contribution in [3.63, 3.8) is 0 Å². The van der Waals surface area contributed by atoms with Crippen LogP contribution in [0.2, 0.25) is 5.02 Å². The zero-order valence-corrected chi connectivity index (χ0v) is 13.5. The Kier molecular flexibility index (Phi) is 5.97. The summed E-state index contributed by atoms with van der Waals surface area (Å²) in [6.07, 6.45) is 5.49. The van der Waals surface area contributed by atoms with E-state index in [4.69, 9.17) is 11.6 Å². The van der Waals surface area contributed by atoms with Crippen LogP contribution in [0.4, 0.5) is 0 Å². The number of nitrogens with zero attached hydrogens (tertiary/aromatic N) is 1. The fourth-order valence-electron chi connectivity index (χ4n) is 2.61. The lowest BCUT2D eigenvalue weighted by molar-refractivity contribution is 0.191. The second-order valence-corrected chi connectivity index (χ2v) is 7.07. The summed E-state index contributed by atoms with van der Waals surface area (Å²) in [6.45, 7) is 4.77. The van der Waals surface area contributed by atoms with Gasteiger partial charge in [0.25, 0.3) is 0 Å². The normalized spacial score (nSPS) is 21.3. The third-order valence-electron chi connectivity index (χ3n) is 3.98. The minimum atomic E-state index is 0. The summed E-state index contributed by atoms with van der Waals surface area (Å²) in [7, 11) is 0. The Morgan fingerprint density at radius 1 is 1.26 bits per heavy atom. The Hall–Kier alpha value is 0.200. The fourth-order valence-corrected chi connectivity index (χ4v) is 3.72. The number of likely N-dealkylation sites (tertiary alicyclic amines) is 1. The van der Waals surface area contributed by atoms with Gasteiger partial charge in [-0.05, 0) is 57.3 Å². The van der Waals surface area contributed by atoms with Crippen molar-refractivity contribution >= 4 is 35.3 Å². The van der Waals surface area contributed by atoms with Gasteiger partial charge in [-0.25, -0.2) is 0 Å². The molecule has 1 saturated heterocycles. The van der Waals surface area contributed by atoms with Crippen molar-refractivity contribution in [1.29, 1.82) is 0 Å². The third-order valence-corrected chi connectivity index (χ3v) is 5.25. The minimum Gasteiger partial charge on any atom is -0.314 e. The highest BCUT2D eigenvalue weighted by atomic mass is 35.5. The van der Waals surface area contributed by atoms with Gasteiger partial charge in [-0.3, -0.25) is 4.90 Å². The predicted molar refractivity (Wildman–Crippen MR) is 85.6 cm³/mol. The third kappa shape index (κ3) is 4.91. The lowest BCUT2D eigenvalue weighted by atomic mass is 10.0. The molecule has 1 saturated carbocycles. The highest BCUT2D eigenvalue weighted by molar-refractivity contribution is 7.10. The Morgan fingerprint density at radius 2 is 2.00 bits per heavy atom. The molecule has 0 atom stereocenters. The van der Waals surface area contributed by atoms with Crippen molar-refractivity contribution in [3.05, 3.63) is 21.3 Å². The molecule has 108 valence electrons. The molecule has 1 aromatic rings. The van der Waals surface area contributed by atoms with Crippen LogP contribution in [0.15, 0.2) is 11.4 Å². The quantitative estimate of drug-likeness (QED) is 0.888. The van der Waals surface area contributed by atoms with E-state index in [1.807, 2.05) is 5.38 Å². The van der Waals surface area contributed by atoms with E-state index in [2.05, 4.69) is 16.3 Å². The van der Waals surface area contributed by atoms with Crippen LogP contribution in [0, 0.1) is 5.92 Å². The van der Waals surface area contributed by atoms with E-state index in [0.29, 0.717) is 0 Å². The van der Waals surface area contributed by atoms with E-state index >= 15 is 0 Å². The smallest absolute Gasteiger partial charge is 0.0516 e. The number of thiophene rings is 1. The van der Waals surface area contributed by atoms with Crippen LogP contribution in [-0.2, 0) is 6.54 Å². The molecule has 1 N–H and O–H groups in total. The topological polar surface area (TPSA) is 15.3 Å². The number of piperidine rings is 1. The highest BCUT2D eigenvalue weighted by Gasteiger charge is 2.24. The van der Waals surface area contributed by atoms with Crippen molar-refractivity contribution in [2.45, 2.75) is 38.3 Å². The number of hydrogen-bond donors (Lipinski definition) is 1. The Bertz CT molecular complexity index is 385. The zero-order valence-electron chi connectivity index (χ0n) is 11.1. The summed E-state index contributed by atoms with van der Waals surface area (Å²) >= 11 is 7.74. The van der Waals surface area contributed by atoms with E-state index in [1.165, 1.54) is 50.2 Å². The first-order valence-electron chi connectivity index (χ1n) is 6.98. The van der Waals surface area contributed by atoms with Gasteiger partial charge < -0.3 is 5.32 Å². The van der Waals surface area contributed by atoms with Crippen LogP contribution in [-0.4, -0.2) is 30.6 Å². The molecule has 0 spiro atoms. The summed E-state index contributed by atoms with van der Waals surface area (Å²) in [5.74, 6) is 0.997. The Balaban J connectivity index is 0.00000133. The largest absolute Gasteiger partial charge is 0.314 e. The molecule has 0 aromatic carbocycles. The Morgan fingerprint density at radius 3 is 2.58 bits per heavy atom. The SMILES string of the molecule is Cl.Clc1csc(CN2CCC(NCC3CC3)CC2)c1. The molecule has 0 unspecified atom stereocenters. The fraction of sp³-hybridized carbons (Fsp3) is 0.714. The number of rotatable bonds is 5. The van der Waals surface area contributed by atoms with Gasteiger partial charge in [-0.2, -0.15) is 0 Å². The molecule has 0 bridgehead atoms. The second-order valence-electron chi connectivity index (χ2n) is 5.63. The van der Waals surface area contributed by atoms with Gasteiger partial charge in [0.15, 0.2) is 0 Å². The Labute approximate surface area is 130 Å². The molecule has 3 rings (SSSR count). The van der Waals surface area contributed by atoms with Crippen molar-refractivity contribution < 1.29 is 0 Å². The molecular formula is C14H22Cl2N2S. The number of hydrogen-bond acceptors (Lipinski definition) is 3. The average molecular weight is 321 g/mol. The molecule has 2 fully saturated rings. The van der Waals surface area contributed by atoms with Crippen molar-refractivity contribution in [3.8, 4) is 0 Å². The summed E-state index contributed by atoms with van der Waals surface area (Å²) in [6, 6.07) is 2.86. The molecular weight excluding hydrogens is 299 g/mol. The molecule has 19 heavy (non-hydrogen) atoms. The zero-order chi connectivity index (χ0) is 12.4. The van der Waals surface area contributed by atoms with Gasteiger partial charge in [0.05, 0.1) is 5.02 Å². The van der Waals surface area contributed by atoms with E-state index in [9.17, 15) is 0 Å². The van der Waals surface area contributed by atoms with Gasteiger partial charge in [-0.15, -0.1) is 23.7 Å². The van der Waals surface area contributed by atoms with E-state index in [0.717, 1.165) is 23.5 Å². The minimum absolute atomic E-state index is 0. The van der Waals surface area contributed by atoms with Gasteiger partial charge >= 0.3 is 0 Å². The summed E-state index contributed by atoms with van der Waals surface area (Å²) in [4.78, 5) is 3.95. The molecule has 0 amide bonds. The number of halogens is 2. The molecule has 1 aliphatic heterocycles. The average Bonchev–Trinajstić information content (AvgIpc) is 3.12. The standard InChI is InChI=1S/C14H21ClN2S.ClH/c15-12-7-14(18-10-12)9-17-5-3-13(4-6-17)16-8-11-1-2-11;/h7,10-11,13,16H,1-6,8-9H2;1H. The maximum atomic E-state index is 5.96. The molecule has 1 aliphatic carbocycles. The lowest BCUT2D eigenvalue weighted by Crippen LogP contribution is -2.42. The predicted octanol–water partition coefficient (Wildman–Crippen LogP) is 3.79. The van der Waals surface area contributed by atoms with E-state index in [-0.39, 0.29) is 12.4 Å². The van der Waals surface area contributed by atoms with E-state index < -0.39 is 0 Å². The van der Waals surface area contributed by atoms with Crippen LogP contribution < -0.4 is 5.32 Å². The van der Waals surface area contributed by atoms with Crippen LogP contribution in [0.5, 0.6) is 0 Å². The second kappa shape index (κ2) is 7.28. The van der Waals surface area contributed by atoms with Gasteiger partial charge in [0.2, 0.25) is 0 Å². The maximum absolute atomic E-state index is 5.96. The first-order valence-corrected chi connectivity index (χ1v) is 8.24. The summed E-state index contributed by atoms with van der Waals surface area (Å²) in [5, 5.41) is 6.64. The van der Waals surface area contributed by atoms with Crippen LogP contribution in [0.3, 0.4) is 0 Å². The molecule has 2 heterocycles. The van der Waals surface area contributed by atoms with Crippen LogP contribution in [0.25, 0.3) is 0 Å². The highest BCUT2D eigenvalue weighted by Crippen LogP contribution is 2.28. The van der Waals surface area contributed by atoms with Crippen LogP contribution >= 0.6 is 35.3 Å². The molecule has 5 heteroatoms. The van der Waals surface area contributed by atoms with Gasteiger partial charge in [-0.1, -0.05) is 11.6 Å². The van der Waals surface area contributed by atoms with Gasteiger partial charge in [0.1, 0.15) is 0 Å². The molecule has 0 radical (unpaired) electrons. The van der Waals surface area contributed by atoms with Gasteiger partial charge in [0, 0.05) is 22.8 Å². The number of nitrogens with one attached hydrogen (secondary N) is 1. The van der Waals surface area contributed by atoms with E-state index in [1.54, 1.807) is 11.3 Å². The maximum Gasteiger partial charge on any atom is 0.0516 e. The van der Waals surface area contributed by atoms with Crippen molar-refractivity contribution in [2.75, 3.05) is 19.6 Å². The monoisotopic (exact) mass is 320 g/mol. The first kappa shape index (κ1) is 15.6. The summed E-state index contributed by atoms with van der Waals surface area (Å²) < 4.78 is 0. The summed E-state index contributed by atoms with van der Waals surface area (Å²) in [5.41, 5.74) is 0. The molecule has 1 aromatic heterocycles. The molecule has 2 aliphatic rings. The van der Waals surface area contributed by atoms with Crippen molar-refractivity contribution in [1.82, 2.24) is 10.2 Å². The first-order chi connectivity index (χ1) is 8.79.